The molecule has 0 N–H and O–H groups in total. The fourth-order valence-electron chi connectivity index (χ4n) is 3.31. The zero-order valence-corrected chi connectivity index (χ0v) is 23.7. The topological polar surface area (TPSA) is 6.48 Å². The number of rotatable bonds is 6. The second-order valence-electron chi connectivity index (χ2n) is 7.41. The molecule has 0 amide bonds. The van der Waals surface area contributed by atoms with Crippen molar-refractivity contribution in [3.05, 3.63) is 110 Å². The SMILES string of the molecule is CN(c1ccc([I-]c2ccc([N]([AlH2])[AlH2])cc2)cc1)c1ccc(-c2ccccc2)cc1. The average Bonchev–Trinajstić information content (AvgIpc) is 2.80. The van der Waals surface area contributed by atoms with E-state index < -0.39 is 0 Å². The molecule has 30 heavy (non-hydrogen) atoms. The molecule has 0 atom stereocenters. The van der Waals surface area contributed by atoms with Gasteiger partial charge in [-0.15, -0.1) is 0 Å². The molecular weight excluding hydrogens is 509 g/mol. The Morgan fingerprint density at radius 1 is 0.533 bits per heavy atom. The van der Waals surface area contributed by atoms with Crippen molar-refractivity contribution in [1.82, 2.24) is 0 Å². The normalized spacial score (nSPS) is 10.7. The van der Waals surface area contributed by atoms with Gasteiger partial charge in [0, 0.05) is 0 Å². The van der Waals surface area contributed by atoms with E-state index in [9.17, 15) is 0 Å². The van der Waals surface area contributed by atoms with Crippen LogP contribution in [0.2, 0.25) is 0 Å². The van der Waals surface area contributed by atoms with E-state index in [2.05, 4.69) is 118 Å². The minimum absolute atomic E-state index is 0.137. The summed E-state index contributed by atoms with van der Waals surface area (Å²) in [6.45, 7) is 0. The van der Waals surface area contributed by atoms with Crippen LogP contribution in [0.5, 0.6) is 0 Å². The summed E-state index contributed by atoms with van der Waals surface area (Å²) in [5.74, 6) is 0. The van der Waals surface area contributed by atoms with Crippen molar-refractivity contribution in [1.29, 1.82) is 0 Å². The summed E-state index contributed by atoms with van der Waals surface area (Å²) in [7, 11) is 2.13. The van der Waals surface area contributed by atoms with Crippen LogP contribution in [-0.2, 0) is 0 Å². The van der Waals surface area contributed by atoms with Gasteiger partial charge in [0.05, 0.1) is 0 Å². The van der Waals surface area contributed by atoms with E-state index in [4.69, 9.17) is 0 Å². The van der Waals surface area contributed by atoms with Gasteiger partial charge in [0.1, 0.15) is 0 Å². The van der Waals surface area contributed by atoms with Crippen LogP contribution in [0, 0.1) is 7.14 Å². The molecule has 0 unspecified atom stereocenters. The number of hydrogen-bond donors (Lipinski definition) is 0. The van der Waals surface area contributed by atoms with Crippen LogP contribution in [0.25, 0.3) is 11.1 Å². The predicted molar refractivity (Wildman–Crippen MR) is 130 cm³/mol. The summed E-state index contributed by atoms with van der Waals surface area (Å²) in [6.07, 6.45) is 0. The van der Waals surface area contributed by atoms with E-state index in [1.165, 1.54) is 35.3 Å². The van der Waals surface area contributed by atoms with Crippen LogP contribution < -0.4 is 29.0 Å². The Morgan fingerprint density at radius 3 is 1.47 bits per heavy atom. The molecule has 0 radical (unpaired) electrons. The molecule has 0 saturated carbocycles. The van der Waals surface area contributed by atoms with Crippen LogP contribution in [-0.4, -0.2) is 40.1 Å². The van der Waals surface area contributed by atoms with Crippen LogP contribution in [0.15, 0.2) is 103 Å². The molecule has 0 fully saturated rings. The van der Waals surface area contributed by atoms with Gasteiger partial charge >= 0.3 is 201 Å². The van der Waals surface area contributed by atoms with E-state index in [0.717, 1.165) is 33.0 Å². The summed E-state index contributed by atoms with van der Waals surface area (Å²) < 4.78 is 5.34. The van der Waals surface area contributed by atoms with E-state index in [0.29, 0.717) is 0 Å². The Hall–Kier alpha value is -1.73. The Morgan fingerprint density at radius 2 is 0.967 bits per heavy atom. The van der Waals surface area contributed by atoms with Crippen molar-refractivity contribution < 1.29 is 21.2 Å². The van der Waals surface area contributed by atoms with Crippen molar-refractivity contribution in [2.45, 2.75) is 0 Å². The number of hydrogen-bond acceptors (Lipinski definition) is 2. The predicted octanol–water partition coefficient (Wildman–Crippen LogP) is 1.15. The van der Waals surface area contributed by atoms with Gasteiger partial charge in [0.2, 0.25) is 0 Å². The number of anilines is 3. The molecule has 0 heterocycles. The Balaban J connectivity index is 1.44. The van der Waals surface area contributed by atoms with Crippen molar-refractivity contribution in [3.63, 3.8) is 0 Å². The van der Waals surface area contributed by atoms with Gasteiger partial charge < -0.3 is 0 Å². The maximum absolute atomic E-state index is 2.42. The Bertz CT molecular complexity index is 1080. The number of nitrogens with zero attached hydrogens (tertiary/aromatic N) is 2. The quantitative estimate of drug-likeness (QED) is 0.271. The van der Waals surface area contributed by atoms with E-state index >= 15 is 0 Å². The average molecular weight is 533 g/mol. The molecule has 4 aromatic rings. The molecule has 2 nitrogen and oxygen atoms in total. The first kappa shape index (κ1) is 21.5. The monoisotopic (exact) mass is 533 g/mol. The maximum atomic E-state index is 2.42. The first-order valence-corrected chi connectivity index (χ1v) is 14.0. The van der Waals surface area contributed by atoms with Gasteiger partial charge in [-0.2, -0.15) is 0 Å². The van der Waals surface area contributed by atoms with Crippen molar-refractivity contribution >= 4 is 50.1 Å². The zero-order chi connectivity index (χ0) is 20.9. The third-order valence-electron chi connectivity index (χ3n) is 5.14. The molecule has 0 bridgehead atoms. The van der Waals surface area contributed by atoms with E-state index in [-0.39, 0.29) is 21.2 Å². The molecule has 148 valence electrons. The Labute approximate surface area is 206 Å². The zero-order valence-electron chi connectivity index (χ0n) is 17.6. The molecule has 0 aliphatic rings. The fraction of sp³-hybridized carbons (Fsp3) is 0.0400. The molecule has 0 saturated heterocycles. The summed E-state index contributed by atoms with van der Waals surface area (Å²) in [5, 5.41) is 0. The van der Waals surface area contributed by atoms with Gasteiger partial charge in [-0.25, -0.2) is 0 Å². The first-order chi connectivity index (χ1) is 14.6. The molecule has 0 aliphatic heterocycles. The molecule has 4 rings (SSSR count). The third kappa shape index (κ3) is 5.30. The summed E-state index contributed by atoms with van der Waals surface area (Å²) >= 11 is 2.08. The van der Waals surface area contributed by atoms with Gasteiger partial charge in [0.25, 0.3) is 0 Å². The third-order valence-corrected chi connectivity index (χ3v) is 8.85. The summed E-state index contributed by atoms with van der Waals surface area (Å²) in [5.41, 5.74) is 6.29. The van der Waals surface area contributed by atoms with Crippen molar-refractivity contribution in [2.24, 2.45) is 0 Å². The van der Waals surface area contributed by atoms with Crippen LogP contribution in [0.1, 0.15) is 0 Å². The number of halogens is 1. The summed E-state index contributed by atoms with van der Waals surface area (Å²) in [4.78, 5) is 2.25. The van der Waals surface area contributed by atoms with Crippen LogP contribution >= 0.6 is 0 Å². The Kier molecular flexibility index (Phi) is 7.21. The molecule has 0 aromatic heterocycles. The molecule has 5 heteroatoms. The number of benzene rings is 4. The van der Waals surface area contributed by atoms with Gasteiger partial charge in [-0.3, -0.25) is 0 Å². The van der Waals surface area contributed by atoms with Gasteiger partial charge in [-0.05, 0) is 0 Å². The van der Waals surface area contributed by atoms with Crippen molar-refractivity contribution in [2.75, 3.05) is 14.8 Å². The molecule has 0 aliphatic carbocycles. The molecule has 0 spiro atoms. The fourth-order valence-corrected chi connectivity index (χ4v) is 6.07. The van der Waals surface area contributed by atoms with E-state index in [1.54, 1.807) is 0 Å². The van der Waals surface area contributed by atoms with Gasteiger partial charge in [0.15, 0.2) is 0 Å². The second kappa shape index (κ2) is 10.1. The van der Waals surface area contributed by atoms with Crippen molar-refractivity contribution in [3.8, 4) is 11.1 Å². The minimum atomic E-state index is -0.137. The first-order valence-electron chi connectivity index (χ1n) is 10.0. The van der Waals surface area contributed by atoms with Crippen LogP contribution in [0.4, 0.5) is 17.1 Å². The standard InChI is InChI=1S/C25H20IN2.2Al.4H/c1-28(24-15-7-20(8-16-24)19-5-3-2-4-6-19)25-17-11-22(12-18-25)26-21-9-13-23(27)14-10-21;;;;;;/h2-18H,1H3;;;;;;/q-1;;;;;;. The summed E-state index contributed by atoms with van der Waals surface area (Å²) in [6, 6.07) is 37.5. The molecule has 4 aromatic carbocycles. The van der Waals surface area contributed by atoms with Gasteiger partial charge in [-0.1, -0.05) is 6.07 Å². The van der Waals surface area contributed by atoms with Crippen LogP contribution in [0.3, 0.4) is 0 Å². The van der Waals surface area contributed by atoms with E-state index in [1.807, 2.05) is 0 Å². The molecular formula is C25H24Al2IN2-. The second-order valence-corrected chi connectivity index (χ2v) is 14.9.